The molecule has 0 bridgehead atoms. The molecule has 2 aliphatic rings. The summed E-state index contributed by atoms with van der Waals surface area (Å²) >= 11 is 5.41. The Balaban J connectivity index is 1.93. The van der Waals surface area contributed by atoms with Crippen molar-refractivity contribution >= 4 is 35.2 Å². The average Bonchev–Trinajstić information content (AvgIpc) is 2.67. The molecule has 0 saturated carbocycles. The molecule has 0 aliphatic carbocycles. The summed E-state index contributed by atoms with van der Waals surface area (Å²) in [6, 6.07) is 12.7. The first-order valence-electron chi connectivity index (χ1n) is 9.19. The highest BCUT2D eigenvalue weighted by atomic mass is 32.1. The molecule has 2 heterocycles. The van der Waals surface area contributed by atoms with Crippen molar-refractivity contribution < 1.29 is 14.4 Å². The van der Waals surface area contributed by atoms with Crippen LogP contribution in [0.2, 0.25) is 0 Å². The van der Waals surface area contributed by atoms with Crippen molar-refractivity contribution in [3.8, 4) is 0 Å². The van der Waals surface area contributed by atoms with Crippen molar-refractivity contribution in [3.05, 3.63) is 70.8 Å². The van der Waals surface area contributed by atoms with Gasteiger partial charge in [0.05, 0.1) is 12.1 Å². The lowest BCUT2D eigenvalue weighted by molar-refractivity contribution is -0.149. The highest BCUT2D eigenvalue weighted by molar-refractivity contribution is 7.80. The third-order valence-corrected chi connectivity index (χ3v) is 5.72. The fraction of sp³-hybridized carbons (Fsp3) is 0.238. The van der Waals surface area contributed by atoms with Crippen molar-refractivity contribution in [2.45, 2.75) is 25.9 Å². The van der Waals surface area contributed by atoms with Crippen LogP contribution in [0.5, 0.6) is 0 Å². The van der Waals surface area contributed by atoms with Gasteiger partial charge in [0.25, 0.3) is 0 Å². The van der Waals surface area contributed by atoms with E-state index in [1.165, 1.54) is 0 Å². The normalized spacial score (nSPS) is 23.1. The van der Waals surface area contributed by atoms with E-state index in [2.05, 4.69) is 21.3 Å². The van der Waals surface area contributed by atoms with Gasteiger partial charge >= 0.3 is 6.03 Å². The lowest BCUT2D eigenvalue weighted by Gasteiger charge is -2.49. The standard InChI is InChI=1S/C21H20N4O3S/c1-11-3-7-13(8-4-11)15-21(17(26)24-19(28)25-18(21)27)16(23-20(29)22-15)14-9-5-12(2)6-10-14/h3-10,15-16H,1-2H3,(H2,22,23,29)(H2,24,25,26,27,28)/t15-,16-/m0/s1. The number of urea groups is 1. The summed E-state index contributed by atoms with van der Waals surface area (Å²) in [5, 5.41) is 11.0. The van der Waals surface area contributed by atoms with Crippen LogP contribution < -0.4 is 21.3 Å². The minimum absolute atomic E-state index is 0.323. The molecule has 4 N–H and O–H groups in total. The smallest absolute Gasteiger partial charge is 0.328 e. The van der Waals surface area contributed by atoms with Crippen LogP contribution in [0.15, 0.2) is 48.5 Å². The van der Waals surface area contributed by atoms with E-state index in [9.17, 15) is 14.4 Å². The van der Waals surface area contributed by atoms with Crippen molar-refractivity contribution in [3.63, 3.8) is 0 Å². The average molecular weight is 408 g/mol. The van der Waals surface area contributed by atoms with Gasteiger partial charge in [0.2, 0.25) is 11.8 Å². The van der Waals surface area contributed by atoms with Crippen molar-refractivity contribution in [2.24, 2.45) is 5.41 Å². The number of hydrogen-bond acceptors (Lipinski definition) is 4. The van der Waals surface area contributed by atoms with E-state index in [4.69, 9.17) is 12.2 Å². The number of aryl methyl sites for hydroxylation is 2. The van der Waals surface area contributed by atoms with E-state index in [-0.39, 0.29) is 0 Å². The molecule has 4 rings (SSSR count). The molecule has 2 aromatic rings. The number of carbonyl (C=O) groups excluding carboxylic acids is 3. The Labute approximate surface area is 173 Å². The first-order chi connectivity index (χ1) is 13.8. The Morgan fingerprint density at radius 1 is 0.724 bits per heavy atom. The molecule has 4 amide bonds. The first-order valence-corrected chi connectivity index (χ1v) is 9.60. The summed E-state index contributed by atoms with van der Waals surface area (Å²) in [7, 11) is 0. The number of imide groups is 2. The minimum Gasteiger partial charge on any atom is -0.354 e. The molecule has 0 radical (unpaired) electrons. The van der Waals surface area contributed by atoms with Gasteiger partial charge in [-0.05, 0) is 37.2 Å². The minimum atomic E-state index is -1.67. The summed E-state index contributed by atoms with van der Waals surface area (Å²) < 4.78 is 0. The highest BCUT2D eigenvalue weighted by Gasteiger charge is 2.63. The van der Waals surface area contributed by atoms with Crippen LogP contribution in [-0.4, -0.2) is 23.0 Å². The summed E-state index contributed by atoms with van der Waals surface area (Å²) in [6.45, 7) is 3.90. The van der Waals surface area contributed by atoms with Crippen LogP contribution in [0.1, 0.15) is 34.3 Å². The first kappa shape index (κ1) is 19.1. The Morgan fingerprint density at radius 3 is 1.48 bits per heavy atom. The Bertz CT molecular complexity index is 938. The molecule has 2 aromatic carbocycles. The molecule has 0 unspecified atom stereocenters. The summed E-state index contributed by atoms with van der Waals surface area (Å²) in [5.74, 6) is -1.35. The molecule has 2 aliphatic heterocycles. The second-order valence-electron chi connectivity index (χ2n) is 7.41. The van der Waals surface area contributed by atoms with E-state index in [1.807, 2.05) is 62.4 Å². The molecule has 2 fully saturated rings. The van der Waals surface area contributed by atoms with E-state index in [0.717, 1.165) is 22.3 Å². The van der Waals surface area contributed by atoms with Crippen LogP contribution in [-0.2, 0) is 9.59 Å². The molecule has 7 nitrogen and oxygen atoms in total. The van der Waals surface area contributed by atoms with E-state index >= 15 is 0 Å². The van der Waals surface area contributed by atoms with Gasteiger partial charge in [0, 0.05) is 0 Å². The molecular formula is C21H20N4O3S. The number of carbonyl (C=O) groups is 3. The maximum absolute atomic E-state index is 13.3. The van der Waals surface area contributed by atoms with Crippen LogP contribution in [0.25, 0.3) is 0 Å². The number of amides is 4. The number of rotatable bonds is 2. The molecule has 0 aromatic heterocycles. The number of benzene rings is 2. The van der Waals surface area contributed by atoms with E-state index < -0.39 is 35.3 Å². The monoisotopic (exact) mass is 408 g/mol. The van der Waals surface area contributed by atoms with E-state index in [0.29, 0.717) is 5.11 Å². The summed E-state index contributed by atoms with van der Waals surface area (Å²) in [6.07, 6.45) is 0. The lowest BCUT2D eigenvalue weighted by atomic mass is 9.65. The maximum Gasteiger partial charge on any atom is 0.328 e. The quantitative estimate of drug-likeness (QED) is 0.448. The third kappa shape index (κ3) is 3.05. The Hall–Kier alpha value is -3.26. The summed E-state index contributed by atoms with van der Waals surface area (Å²) in [4.78, 5) is 38.4. The van der Waals surface area contributed by atoms with Crippen molar-refractivity contribution in [2.75, 3.05) is 0 Å². The number of barbiturate groups is 1. The van der Waals surface area contributed by atoms with Crippen molar-refractivity contribution in [1.82, 2.24) is 21.3 Å². The zero-order valence-corrected chi connectivity index (χ0v) is 16.7. The molecule has 8 heteroatoms. The zero-order valence-electron chi connectivity index (χ0n) is 15.9. The van der Waals surface area contributed by atoms with Gasteiger partial charge < -0.3 is 10.6 Å². The van der Waals surface area contributed by atoms with Crippen LogP contribution >= 0.6 is 12.2 Å². The van der Waals surface area contributed by atoms with Gasteiger partial charge in [-0.3, -0.25) is 20.2 Å². The number of hydrogen-bond donors (Lipinski definition) is 4. The van der Waals surface area contributed by atoms with Crippen LogP contribution in [0.3, 0.4) is 0 Å². The Kier molecular flexibility index (Phi) is 4.58. The lowest BCUT2D eigenvalue weighted by Crippen LogP contribution is -2.73. The molecule has 29 heavy (non-hydrogen) atoms. The number of thiocarbonyl (C=S) groups is 1. The van der Waals surface area contributed by atoms with Crippen molar-refractivity contribution in [1.29, 1.82) is 0 Å². The van der Waals surface area contributed by atoms with Gasteiger partial charge in [-0.25, -0.2) is 4.79 Å². The molecule has 2 atom stereocenters. The summed E-state index contributed by atoms with van der Waals surface area (Å²) in [5.41, 5.74) is 1.86. The number of nitrogens with one attached hydrogen (secondary N) is 4. The molecular weight excluding hydrogens is 388 g/mol. The van der Waals surface area contributed by atoms with Gasteiger partial charge in [-0.15, -0.1) is 0 Å². The predicted octanol–water partition coefficient (Wildman–Crippen LogP) is 1.92. The van der Waals surface area contributed by atoms with Crippen LogP contribution in [0, 0.1) is 19.3 Å². The topological polar surface area (TPSA) is 99.3 Å². The van der Waals surface area contributed by atoms with Crippen LogP contribution in [0.4, 0.5) is 4.79 Å². The largest absolute Gasteiger partial charge is 0.354 e. The second-order valence-corrected chi connectivity index (χ2v) is 7.82. The van der Waals surface area contributed by atoms with Gasteiger partial charge in [-0.2, -0.15) is 0 Å². The fourth-order valence-corrected chi connectivity index (χ4v) is 4.22. The van der Waals surface area contributed by atoms with Gasteiger partial charge in [0.15, 0.2) is 10.5 Å². The SMILES string of the molecule is Cc1ccc([C@@H]2NC(=S)N[C@@H](c3ccc(C)cc3)C23C(=O)NC(=O)NC3=O)cc1. The molecule has 1 spiro atoms. The third-order valence-electron chi connectivity index (χ3n) is 5.49. The zero-order chi connectivity index (χ0) is 20.8. The molecule has 2 saturated heterocycles. The van der Waals surface area contributed by atoms with E-state index in [1.54, 1.807) is 0 Å². The maximum atomic E-state index is 13.3. The van der Waals surface area contributed by atoms with Gasteiger partial charge in [0.1, 0.15) is 0 Å². The molecule has 148 valence electrons. The van der Waals surface area contributed by atoms with Gasteiger partial charge in [-0.1, -0.05) is 59.7 Å². The predicted molar refractivity (Wildman–Crippen MR) is 111 cm³/mol. The fourth-order valence-electron chi connectivity index (χ4n) is 3.98. The second kappa shape index (κ2) is 6.97. The highest BCUT2D eigenvalue weighted by Crippen LogP contribution is 2.48. The Morgan fingerprint density at radius 2 is 1.10 bits per heavy atom.